The van der Waals surface area contributed by atoms with Gasteiger partial charge in [0, 0.05) is 21.6 Å². The Labute approximate surface area is 139 Å². The molecule has 0 spiro atoms. The molecule has 0 radical (unpaired) electrons. The highest BCUT2D eigenvalue weighted by molar-refractivity contribution is 6.35. The average molecular weight is 337 g/mol. The van der Waals surface area contributed by atoms with Crippen LogP contribution in [0.1, 0.15) is 11.1 Å². The van der Waals surface area contributed by atoms with Gasteiger partial charge in [-0.15, -0.1) is 12.4 Å². The van der Waals surface area contributed by atoms with Gasteiger partial charge in [0.05, 0.1) is 5.52 Å². The lowest BCUT2D eigenvalue weighted by atomic mass is 10.1. The molecular weight excluding hydrogens is 325 g/mol. The summed E-state index contributed by atoms with van der Waals surface area (Å²) in [6.45, 7) is 0. The highest BCUT2D eigenvalue weighted by atomic mass is 35.5. The van der Waals surface area contributed by atoms with E-state index in [-0.39, 0.29) is 12.4 Å². The van der Waals surface area contributed by atoms with Gasteiger partial charge in [0.1, 0.15) is 0 Å². The third kappa shape index (κ3) is 3.56. The van der Waals surface area contributed by atoms with E-state index in [9.17, 15) is 0 Å². The van der Waals surface area contributed by atoms with Crippen molar-refractivity contribution in [2.45, 2.75) is 0 Å². The first-order chi connectivity index (χ1) is 9.74. The molecule has 1 heterocycles. The number of hydrogen-bond acceptors (Lipinski definition) is 1. The van der Waals surface area contributed by atoms with E-state index < -0.39 is 0 Å². The third-order valence-electron chi connectivity index (χ3n) is 3.09. The molecule has 3 aromatic rings. The Morgan fingerprint density at radius 2 is 1.62 bits per heavy atom. The first-order valence-corrected chi connectivity index (χ1v) is 6.96. The van der Waals surface area contributed by atoms with Crippen molar-refractivity contribution >= 4 is 58.7 Å². The predicted octanol–water partition coefficient (Wildman–Crippen LogP) is 6.13. The Morgan fingerprint density at radius 1 is 0.857 bits per heavy atom. The van der Waals surface area contributed by atoms with Crippen LogP contribution < -0.4 is 0 Å². The van der Waals surface area contributed by atoms with Crippen molar-refractivity contribution in [1.82, 2.24) is 4.98 Å². The summed E-state index contributed by atoms with van der Waals surface area (Å²) in [6.07, 6.45) is 5.84. The second-order valence-electron chi connectivity index (χ2n) is 4.42. The lowest BCUT2D eigenvalue weighted by Crippen LogP contribution is -1.82. The molecule has 0 aliphatic carbocycles. The molecule has 3 rings (SSSR count). The molecule has 0 aliphatic rings. The van der Waals surface area contributed by atoms with Gasteiger partial charge in [-0.25, -0.2) is 0 Å². The highest BCUT2D eigenvalue weighted by Crippen LogP contribution is 2.24. The van der Waals surface area contributed by atoms with Gasteiger partial charge in [0.15, 0.2) is 0 Å². The standard InChI is InChI=1S/C17H11Cl2N.ClH/c18-14-8-7-13(16(19)11-14)6-5-12-9-10-20-17-4-2-1-3-15(12)17;/h1-11H;1H/b6-5+;. The molecule has 0 amide bonds. The molecule has 1 nitrogen and oxygen atoms in total. The second kappa shape index (κ2) is 6.95. The largest absolute Gasteiger partial charge is 0.256 e. The lowest BCUT2D eigenvalue weighted by Gasteiger charge is -2.02. The quantitative estimate of drug-likeness (QED) is 0.548. The summed E-state index contributed by atoms with van der Waals surface area (Å²) >= 11 is 12.1. The van der Waals surface area contributed by atoms with Crippen molar-refractivity contribution in [3.8, 4) is 0 Å². The van der Waals surface area contributed by atoms with E-state index in [1.54, 1.807) is 6.07 Å². The van der Waals surface area contributed by atoms with Crippen LogP contribution in [0.25, 0.3) is 23.1 Å². The SMILES string of the molecule is Cl.Clc1ccc(/C=C/c2ccnc3ccccc23)c(Cl)c1. The van der Waals surface area contributed by atoms with Gasteiger partial charge >= 0.3 is 0 Å². The maximum atomic E-state index is 6.17. The lowest BCUT2D eigenvalue weighted by molar-refractivity contribution is 1.41. The van der Waals surface area contributed by atoms with Crippen LogP contribution in [-0.4, -0.2) is 4.98 Å². The molecule has 2 aromatic carbocycles. The normalized spacial score (nSPS) is 10.8. The van der Waals surface area contributed by atoms with E-state index >= 15 is 0 Å². The van der Waals surface area contributed by atoms with Crippen LogP contribution in [0.4, 0.5) is 0 Å². The maximum absolute atomic E-state index is 6.17. The van der Waals surface area contributed by atoms with E-state index in [4.69, 9.17) is 23.2 Å². The Kier molecular flexibility index (Phi) is 5.24. The van der Waals surface area contributed by atoms with Gasteiger partial charge in [-0.2, -0.15) is 0 Å². The summed E-state index contributed by atoms with van der Waals surface area (Å²) in [4.78, 5) is 4.35. The zero-order valence-electron chi connectivity index (χ0n) is 11.0. The second-order valence-corrected chi connectivity index (χ2v) is 5.26. The predicted molar refractivity (Wildman–Crippen MR) is 94.4 cm³/mol. The zero-order chi connectivity index (χ0) is 13.9. The minimum Gasteiger partial charge on any atom is -0.256 e. The van der Waals surface area contributed by atoms with Crippen LogP contribution >= 0.6 is 35.6 Å². The Balaban J connectivity index is 0.00000161. The van der Waals surface area contributed by atoms with Gasteiger partial charge < -0.3 is 0 Å². The Bertz CT molecular complexity index is 792. The maximum Gasteiger partial charge on any atom is 0.0707 e. The topological polar surface area (TPSA) is 12.9 Å². The number of benzene rings is 2. The summed E-state index contributed by atoms with van der Waals surface area (Å²) in [7, 11) is 0. The van der Waals surface area contributed by atoms with E-state index in [1.807, 2.05) is 54.7 Å². The fourth-order valence-electron chi connectivity index (χ4n) is 2.08. The molecule has 0 N–H and O–H groups in total. The fourth-order valence-corrected chi connectivity index (χ4v) is 2.55. The number of nitrogens with zero attached hydrogens (tertiary/aromatic N) is 1. The number of halogens is 3. The molecule has 1 aromatic heterocycles. The summed E-state index contributed by atoms with van der Waals surface area (Å²) in [5.41, 5.74) is 3.04. The number of fused-ring (bicyclic) bond motifs is 1. The summed E-state index contributed by atoms with van der Waals surface area (Å²) in [5, 5.41) is 2.41. The first kappa shape index (κ1) is 15.8. The number of pyridine rings is 1. The van der Waals surface area contributed by atoms with Crippen molar-refractivity contribution < 1.29 is 0 Å². The Morgan fingerprint density at radius 3 is 2.43 bits per heavy atom. The van der Waals surface area contributed by atoms with Crippen molar-refractivity contribution in [3.05, 3.63) is 75.9 Å². The Hall–Kier alpha value is -1.54. The van der Waals surface area contributed by atoms with Crippen molar-refractivity contribution in [2.75, 3.05) is 0 Å². The molecule has 0 saturated heterocycles. The van der Waals surface area contributed by atoms with Crippen molar-refractivity contribution in [3.63, 3.8) is 0 Å². The van der Waals surface area contributed by atoms with Crippen LogP contribution in [0, 0.1) is 0 Å². The van der Waals surface area contributed by atoms with Crippen LogP contribution in [0.3, 0.4) is 0 Å². The molecule has 0 bridgehead atoms. The molecule has 21 heavy (non-hydrogen) atoms. The fraction of sp³-hybridized carbons (Fsp3) is 0. The molecule has 0 unspecified atom stereocenters. The molecule has 106 valence electrons. The van der Waals surface area contributed by atoms with Crippen LogP contribution in [-0.2, 0) is 0 Å². The average Bonchev–Trinajstić information content (AvgIpc) is 2.46. The molecule has 4 heteroatoms. The number of hydrogen-bond donors (Lipinski definition) is 0. The summed E-state index contributed by atoms with van der Waals surface area (Å²) in [5.74, 6) is 0. The van der Waals surface area contributed by atoms with Gasteiger partial charge in [0.2, 0.25) is 0 Å². The number of aromatic nitrogens is 1. The van der Waals surface area contributed by atoms with Gasteiger partial charge in [-0.3, -0.25) is 4.98 Å². The van der Waals surface area contributed by atoms with Gasteiger partial charge in [0.25, 0.3) is 0 Å². The molecular formula is C17H12Cl3N. The first-order valence-electron chi connectivity index (χ1n) is 6.21. The van der Waals surface area contributed by atoms with E-state index in [0.717, 1.165) is 22.0 Å². The number of para-hydroxylation sites is 1. The highest BCUT2D eigenvalue weighted by Gasteiger charge is 2.00. The minimum absolute atomic E-state index is 0. The van der Waals surface area contributed by atoms with Gasteiger partial charge in [-0.05, 0) is 35.4 Å². The monoisotopic (exact) mass is 335 g/mol. The smallest absolute Gasteiger partial charge is 0.0707 e. The van der Waals surface area contributed by atoms with E-state index in [1.165, 1.54) is 0 Å². The van der Waals surface area contributed by atoms with Crippen molar-refractivity contribution in [1.29, 1.82) is 0 Å². The van der Waals surface area contributed by atoms with E-state index in [0.29, 0.717) is 10.0 Å². The van der Waals surface area contributed by atoms with Crippen molar-refractivity contribution in [2.24, 2.45) is 0 Å². The molecule has 0 aliphatic heterocycles. The van der Waals surface area contributed by atoms with Crippen LogP contribution in [0.2, 0.25) is 10.0 Å². The van der Waals surface area contributed by atoms with Crippen LogP contribution in [0.15, 0.2) is 54.7 Å². The molecule has 0 saturated carbocycles. The summed E-state index contributed by atoms with van der Waals surface area (Å²) in [6, 6.07) is 15.5. The third-order valence-corrected chi connectivity index (χ3v) is 3.65. The molecule has 0 atom stereocenters. The van der Waals surface area contributed by atoms with Gasteiger partial charge in [-0.1, -0.05) is 59.6 Å². The molecule has 0 fully saturated rings. The summed E-state index contributed by atoms with van der Waals surface area (Å²) < 4.78 is 0. The van der Waals surface area contributed by atoms with Crippen LogP contribution in [0.5, 0.6) is 0 Å². The number of rotatable bonds is 2. The zero-order valence-corrected chi connectivity index (χ0v) is 13.3. The minimum atomic E-state index is 0. The van der Waals surface area contributed by atoms with E-state index in [2.05, 4.69) is 11.1 Å².